The lowest BCUT2D eigenvalue weighted by Crippen LogP contribution is -2.38. The van der Waals surface area contributed by atoms with E-state index < -0.39 is 29.9 Å². The topological polar surface area (TPSA) is 60.3 Å². The van der Waals surface area contributed by atoms with Crippen LogP contribution in [0.3, 0.4) is 0 Å². The number of nitrogens with zero attached hydrogens (tertiary/aromatic N) is 1. The van der Waals surface area contributed by atoms with Crippen LogP contribution in [-0.4, -0.2) is 29.7 Å². The molecule has 0 aliphatic heterocycles. The van der Waals surface area contributed by atoms with Crippen molar-refractivity contribution < 1.29 is 31.9 Å². The molecule has 5 nitrogen and oxygen atoms in total. The fraction of sp³-hybridized carbons (Fsp3) is 0.273. The third-order valence-electron chi connectivity index (χ3n) is 5.08. The fourth-order valence-corrected chi connectivity index (χ4v) is 3.92. The van der Waals surface area contributed by atoms with Crippen molar-refractivity contribution in [3.05, 3.63) is 69.1 Å². The third kappa shape index (κ3) is 4.50. The van der Waals surface area contributed by atoms with Crippen molar-refractivity contribution in [2.24, 2.45) is 0 Å². The van der Waals surface area contributed by atoms with Crippen molar-refractivity contribution in [2.75, 3.05) is 7.11 Å². The monoisotopic (exact) mass is 514 g/mol. The third-order valence-corrected chi connectivity index (χ3v) is 5.69. The maximum atomic E-state index is 13.8. The molecule has 1 atom stereocenters. The lowest BCUT2D eigenvalue weighted by molar-refractivity contribution is -0.155. The first-order valence-electron chi connectivity index (χ1n) is 9.52. The molecule has 0 saturated carbocycles. The maximum Gasteiger partial charge on any atom is 0.412 e. The second-order valence-corrected chi connectivity index (χ2v) is 7.97. The molecule has 1 heterocycles. The minimum absolute atomic E-state index is 0.000608. The molecule has 32 heavy (non-hydrogen) atoms. The molecule has 1 N–H and O–H groups in total. The zero-order valence-corrected chi connectivity index (χ0v) is 18.9. The van der Waals surface area contributed by atoms with Crippen LogP contribution in [0.25, 0.3) is 10.9 Å². The number of ether oxygens (including phenoxy) is 1. The van der Waals surface area contributed by atoms with E-state index in [2.05, 4.69) is 15.9 Å². The van der Waals surface area contributed by atoms with E-state index >= 15 is 0 Å². The Morgan fingerprint density at radius 3 is 2.44 bits per heavy atom. The number of aryl methyl sites for hydroxylation is 2. The number of rotatable bonds is 5. The fourth-order valence-electron chi connectivity index (χ4n) is 3.52. The smallest absolute Gasteiger partial charge is 0.412 e. The zero-order valence-electron chi connectivity index (χ0n) is 17.3. The molecule has 0 saturated heterocycles. The Morgan fingerprint density at radius 1 is 1.19 bits per heavy atom. The first-order valence-corrected chi connectivity index (χ1v) is 10.3. The predicted octanol–water partition coefficient (Wildman–Crippen LogP) is 5.69. The second kappa shape index (κ2) is 8.93. The molecule has 0 bridgehead atoms. The Morgan fingerprint density at radius 2 is 1.88 bits per heavy atom. The number of alkyl halides is 3. The van der Waals surface area contributed by atoms with Gasteiger partial charge in [0, 0.05) is 17.4 Å². The largest absolute Gasteiger partial charge is 0.465 e. The summed E-state index contributed by atoms with van der Waals surface area (Å²) in [4.78, 5) is 24.9. The van der Waals surface area contributed by atoms with E-state index in [0.717, 1.165) is 18.2 Å². The molecule has 0 spiro atoms. The minimum Gasteiger partial charge on any atom is -0.465 e. The molecule has 1 aromatic heterocycles. The lowest BCUT2D eigenvalue weighted by Gasteiger charge is -2.22. The van der Waals surface area contributed by atoms with Gasteiger partial charge in [-0.25, -0.2) is 9.18 Å². The molecule has 3 rings (SSSR count). The van der Waals surface area contributed by atoms with Crippen LogP contribution >= 0.6 is 15.9 Å². The molecule has 3 aromatic rings. The standard InChI is InChI=1S/C22H19BrF4N2O3/c1-4-29-17-7-11(2)14(21(31)32-3)8-13(17)10-18(29)20(30)28-19(22(25,26)27)12-5-6-16(24)15(23)9-12/h5-10,19H,4H2,1-3H3,(H,28,30). The average Bonchev–Trinajstić information content (AvgIpc) is 3.09. The van der Waals surface area contributed by atoms with Crippen LogP contribution in [0.15, 0.2) is 40.9 Å². The molecular formula is C22H19BrF4N2O3. The van der Waals surface area contributed by atoms with Crippen molar-refractivity contribution in [3.8, 4) is 0 Å². The summed E-state index contributed by atoms with van der Waals surface area (Å²) in [6.07, 6.45) is -4.81. The van der Waals surface area contributed by atoms with Gasteiger partial charge in [-0.15, -0.1) is 0 Å². The summed E-state index contributed by atoms with van der Waals surface area (Å²) in [5.41, 5.74) is 1.18. The van der Waals surface area contributed by atoms with Gasteiger partial charge in [-0.05, 0) is 71.2 Å². The normalized spacial score (nSPS) is 12.6. The van der Waals surface area contributed by atoms with Crippen LogP contribution in [0.5, 0.6) is 0 Å². The molecule has 1 amide bonds. The van der Waals surface area contributed by atoms with Crippen LogP contribution in [0.2, 0.25) is 0 Å². The highest BCUT2D eigenvalue weighted by Gasteiger charge is 2.42. The predicted molar refractivity (Wildman–Crippen MR) is 114 cm³/mol. The van der Waals surface area contributed by atoms with Gasteiger partial charge in [0.25, 0.3) is 5.91 Å². The molecule has 10 heteroatoms. The number of halogens is 5. The molecule has 0 aliphatic rings. The van der Waals surface area contributed by atoms with Gasteiger partial charge in [0.2, 0.25) is 0 Å². The second-order valence-electron chi connectivity index (χ2n) is 7.11. The summed E-state index contributed by atoms with van der Waals surface area (Å²) in [6.45, 7) is 3.75. The van der Waals surface area contributed by atoms with Crippen molar-refractivity contribution in [3.63, 3.8) is 0 Å². The number of hydrogen-bond acceptors (Lipinski definition) is 3. The maximum absolute atomic E-state index is 13.8. The Hall–Kier alpha value is -2.88. The van der Waals surface area contributed by atoms with E-state index in [4.69, 9.17) is 4.74 Å². The number of carbonyl (C=O) groups is 2. The van der Waals surface area contributed by atoms with E-state index in [1.54, 1.807) is 24.5 Å². The van der Waals surface area contributed by atoms with Crippen LogP contribution in [-0.2, 0) is 11.3 Å². The van der Waals surface area contributed by atoms with Gasteiger partial charge in [-0.1, -0.05) is 6.07 Å². The van der Waals surface area contributed by atoms with Gasteiger partial charge in [0.05, 0.1) is 17.1 Å². The highest BCUT2D eigenvalue weighted by molar-refractivity contribution is 9.10. The van der Waals surface area contributed by atoms with Crippen molar-refractivity contribution in [1.29, 1.82) is 0 Å². The van der Waals surface area contributed by atoms with E-state index in [-0.39, 0.29) is 15.7 Å². The van der Waals surface area contributed by atoms with Crippen molar-refractivity contribution in [2.45, 2.75) is 32.6 Å². The molecule has 170 valence electrons. The Kier molecular flexibility index (Phi) is 6.64. The summed E-state index contributed by atoms with van der Waals surface area (Å²) in [6, 6.07) is 5.15. The number of methoxy groups -OCH3 is 1. The quantitative estimate of drug-likeness (QED) is 0.351. The van der Waals surface area contributed by atoms with Crippen LogP contribution in [0.1, 0.15) is 44.9 Å². The van der Waals surface area contributed by atoms with Crippen LogP contribution in [0, 0.1) is 12.7 Å². The van der Waals surface area contributed by atoms with Crippen molar-refractivity contribution in [1.82, 2.24) is 9.88 Å². The Balaban J connectivity index is 2.05. The SMILES string of the molecule is CCn1c(C(=O)NC(c2ccc(F)c(Br)c2)C(F)(F)F)cc2cc(C(=O)OC)c(C)cc21. The number of fused-ring (bicyclic) bond motifs is 1. The zero-order chi connectivity index (χ0) is 23.8. The van der Waals surface area contributed by atoms with E-state index in [1.807, 2.05) is 5.32 Å². The Labute approximate surface area is 189 Å². The van der Waals surface area contributed by atoms with Gasteiger partial charge in [0.1, 0.15) is 11.5 Å². The number of aromatic nitrogens is 1. The summed E-state index contributed by atoms with van der Waals surface area (Å²) < 4.78 is 60.9. The van der Waals surface area contributed by atoms with E-state index in [1.165, 1.54) is 19.2 Å². The van der Waals surface area contributed by atoms with Crippen LogP contribution in [0.4, 0.5) is 17.6 Å². The van der Waals surface area contributed by atoms with Gasteiger partial charge in [-0.2, -0.15) is 13.2 Å². The lowest BCUT2D eigenvalue weighted by atomic mass is 10.1. The number of hydrogen-bond donors (Lipinski definition) is 1. The van der Waals surface area contributed by atoms with E-state index in [9.17, 15) is 27.2 Å². The molecule has 1 unspecified atom stereocenters. The van der Waals surface area contributed by atoms with Gasteiger partial charge in [0.15, 0.2) is 6.04 Å². The highest BCUT2D eigenvalue weighted by atomic mass is 79.9. The summed E-state index contributed by atoms with van der Waals surface area (Å²) in [5, 5.41) is 2.53. The number of carbonyl (C=O) groups excluding carboxylic acids is 2. The number of esters is 1. The summed E-state index contributed by atoms with van der Waals surface area (Å²) in [7, 11) is 1.24. The molecule has 0 aliphatic carbocycles. The van der Waals surface area contributed by atoms with Gasteiger partial charge < -0.3 is 14.6 Å². The van der Waals surface area contributed by atoms with E-state index in [0.29, 0.717) is 28.6 Å². The first-order chi connectivity index (χ1) is 15.0. The van der Waals surface area contributed by atoms with Gasteiger partial charge in [-0.3, -0.25) is 4.79 Å². The number of amides is 1. The molecule has 2 aromatic carbocycles. The molecule has 0 fully saturated rings. The number of benzene rings is 2. The first kappa shape index (κ1) is 23.8. The summed E-state index contributed by atoms with van der Waals surface area (Å²) in [5.74, 6) is -2.23. The van der Waals surface area contributed by atoms with Crippen LogP contribution < -0.4 is 5.32 Å². The van der Waals surface area contributed by atoms with Gasteiger partial charge >= 0.3 is 12.1 Å². The highest BCUT2D eigenvalue weighted by Crippen LogP contribution is 2.35. The summed E-state index contributed by atoms with van der Waals surface area (Å²) >= 11 is 2.87. The minimum atomic E-state index is -4.81. The molecule has 0 radical (unpaired) electrons. The Bertz CT molecular complexity index is 1200. The molecular weight excluding hydrogens is 496 g/mol. The number of nitrogens with one attached hydrogen (secondary N) is 1. The van der Waals surface area contributed by atoms with Crippen molar-refractivity contribution >= 4 is 38.7 Å². The average molecular weight is 515 g/mol.